The Labute approximate surface area is 184 Å². The first-order valence-electron chi connectivity index (χ1n) is 10.3. The molecule has 0 aromatic heterocycles. The number of benzene rings is 2. The van der Waals surface area contributed by atoms with E-state index in [0.29, 0.717) is 19.5 Å². The number of aryl methyl sites for hydroxylation is 1. The molecule has 0 aliphatic carbocycles. The molecule has 0 N–H and O–H groups in total. The third kappa shape index (κ3) is 6.38. The van der Waals surface area contributed by atoms with Gasteiger partial charge in [-0.3, -0.25) is 9.59 Å². The van der Waals surface area contributed by atoms with Crippen LogP contribution in [0.5, 0.6) is 0 Å². The van der Waals surface area contributed by atoms with E-state index in [2.05, 4.69) is 0 Å². The van der Waals surface area contributed by atoms with Crippen LogP contribution < -0.4 is 4.90 Å². The first kappa shape index (κ1) is 24.6. The van der Waals surface area contributed by atoms with E-state index in [-0.39, 0.29) is 17.2 Å². The van der Waals surface area contributed by atoms with E-state index in [1.54, 1.807) is 64.2 Å². The molecule has 2 aromatic carbocycles. The van der Waals surface area contributed by atoms with Crippen LogP contribution in [0.25, 0.3) is 0 Å². The second kappa shape index (κ2) is 11.1. The maximum absolute atomic E-state index is 12.5. The molecule has 0 heterocycles. The van der Waals surface area contributed by atoms with Gasteiger partial charge in [0.2, 0.25) is 10.0 Å². The van der Waals surface area contributed by atoms with Gasteiger partial charge < -0.3 is 9.64 Å². The summed E-state index contributed by atoms with van der Waals surface area (Å²) in [7, 11) is -1.87. The quantitative estimate of drug-likeness (QED) is 0.523. The van der Waals surface area contributed by atoms with Crippen molar-refractivity contribution in [2.24, 2.45) is 0 Å². The number of carbonyl (C=O) groups is 2. The molecule has 0 saturated heterocycles. The average molecular weight is 447 g/mol. The van der Waals surface area contributed by atoms with Crippen molar-refractivity contribution < 1.29 is 22.7 Å². The molecule has 168 valence electrons. The Morgan fingerprint density at radius 3 is 2.10 bits per heavy atom. The lowest BCUT2D eigenvalue weighted by atomic mass is 10.1. The second-order valence-corrected chi connectivity index (χ2v) is 9.04. The van der Waals surface area contributed by atoms with Crippen LogP contribution in [-0.2, 0) is 30.8 Å². The van der Waals surface area contributed by atoms with Gasteiger partial charge in [0, 0.05) is 32.2 Å². The van der Waals surface area contributed by atoms with Crippen LogP contribution in [-0.4, -0.2) is 50.8 Å². The lowest BCUT2D eigenvalue weighted by Gasteiger charge is -2.21. The maximum atomic E-state index is 12.5. The summed E-state index contributed by atoms with van der Waals surface area (Å²) in [6.45, 7) is 5.95. The molecule has 0 bridgehead atoms. The summed E-state index contributed by atoms with van der Waals surface area (Å²) < 4.78 is 31.7. The fraction of sp³-hybridized carbons (Fsp3) is 0.391. The lowest BCUT2D eigenvalue weighted by molar-refractivity contribution is -0.153. The Hall–Kier alpha value is -2.71. The highest BCUT2D eigenvalue weighted by atomic mass is 32.2. The van der Waals surface area contributed by atoms with Crippen molar-refractivity contribution in [3.05, 3.63) is 60.2 Å². The number of rotatable bonds is 10. The molecule has 1 unspecified atom stereocenters. The number of hydrogen-bond acceptors (Lipinski definition) is 5. The fourth-order valence-electron chi connectivity index (χ4n) is 3.15. The molecule has 8 heteroatoms. The first-order valence-corrected chi connectivity index (χ1v) is 11.8. The SMILES string of the molecule is CCN(CC)S(=O)(=O)c1ccc(CCC(=O)OC(C)C(=O)N(C)c2ccccc2)cc1. The molecule has 2 rings (SSSR count). The molecule has 0 aliphatic heterocycles. The number of para-hydroxylation sites is 1. The summed E-state index contributed by atoms with van der Waals surface area (Å²) in [6.07, 6.45) is -0.423. The number of esters is 1. The lowest BCUT2D eigenvalue weighted by Crippen LogP contribution is -2.37. The molecule has 0 aliphatic rings. The van der Waals surface area contributed by atoms with Crippen LogP contribution in [0.3, 0.4) is 0 Å². The zero-order valence-electron chi connectivity index (χ0n) is 18.4. The van der Waals surface area contributed by atoms with Gasteiger partial charge in [-0.25, -0.2) is 8.42 Å². The minimum Gasteiger partial charge on any atom is -0.453 e. The Morgan fingerprint density at radius 2 is 1.55 bits per heavy atom. The standard InChI is InChI=1S/C23H30N2O5S/c1-5-25(6-2)31(28,29)21-15-12-19(13-16-21)14-17-22(26)30-18(3)23(27)24(4)20-10-8-7-9-11-20/h7-13,15-16,18H,5-6,14,17H2,1-4H3. The third-order valence-electron chi connectivity index (χ3n) is 5.01. The van der Waals surface area contributed by atoms with E-state index < -0.39 is 22.1 Å². The van der Waals surface area contributed by atoms with E-state index in [1.165, 1.54) is 9.21 Å². The Bertz CT molecular complexity index is 971. The predicted octanol–water partition coefficient (Wildman–Crippen LogP) is 3.24. The van der Waals surface area contributed by atoms with Crippen LogP contribution in [0.15, 0.2) is 59.5 Å². The van der Waals surface area contributed by atoms with Gasteiger partial charge >= 0.3 is 5.97 Å². The van der Waals surface area contributed by atoms with Crippen LogP contribution in [0.2, 0.25) is 0 Å². The molecular weight excluding hydrogens is 416 g/mol. The average Bonchev–Trinajstić information content (AvgIpc) is 2.78. The van der Waals surface area contributed by atoms with Crippen LogP contribution >= 0.6 is 0 Å². The first-order chi connectivity index (χ1) is 14.7. The van der Waals surface area contributed by atoms with Crippen LogP contribution in [0.1, 0.15) is 32.8 Å². The number of amides is 1. The minimum atomic E-state index is -3.51. The largest absolute Gasteiger partial charge is 0.453 e. The summed E-state index contributed by atoms with van der Waals surface area (Å²) in [5.41, 5.74) is 1.53. The number of nitrogens with zero attached hydrogens (tertiary/aromatic N) is 2. The van der Waals surface area contributed by atoms with Gasteiger partial charge in [0.15, 0.2) is 6.10 Å². The molecule has 31 heavy (non-hydrogen) atoms. The molecule has 1 amide bonds. The molecule has 2 aromatic rings. The number of anilines is 1. The van der Waals surface area contributed by atoms with Crippen LogP contribution in [0.4, 0.5) is 5.69 Å². The van der Waals surface area contributed by atoms with Crippen molar-refractivity contribution >= 4 is 27.6 Å². The highest BCUT2D eigenvalue weighted by molar-refractivity contribution is 7.89. The number of likely N-dealkylation sites (N-methyl/N-ethyl adjacent to an activating group) is 1. The Kier molecular flexibility index (Phi) is 8.76. The highest BCUT2D eigenvalue weighted by Gasteiger charge is 2.23. The highest BCUT2D eigenvalue weighted by Crippen LogP contribution is 2.17. The van der Waals surface area contributed by atoms with Gasteiger partial charge in [-0.1, -0.05) is 44.2 Å². The van der Waals surface area contributed by atoms with Crippen molar-refractivity contribution in [2.75, 3.05) is 25.0 Å². The topological polar surface area (TPSA) is 84.0 Å². The summed E-state index contributed by atoms with van der Waals surface area (Å²) >= 11 is 0. The van der Waals surface area contributed by atoms with Gasteiger partial charge in [0.1, 0.15) is 0 Å². The number of ether oxygens (including phenoxy) is 1. The van der Waals surface area contributed by atoms with E-state index in [4.69, 9.17) is 4.74 Å². The van der Waals surface area contributed by atoms with Gasteiger partial charge in [-0.2, -0.15) is 4.31 Å². The Balaban J connectivity index is 1.90. The zero-order chi connectivity index (χ0) is 23.0. The fourth-order valence-corrected chi connectivity index (χ4v) is 4.60. The monoisotopic (exact) mass is 446 g/mol. The summed E-state index contributed by atoms with van der Waals surface area (Å²) in [4.78, 5) is 26.3. The number of sulfonamides is 1. The smallest absolute Gasteiger partial charge is 0.306 e. The van der Waals surface area contributed by atoms with Crippen molar-refractivity contribution in [1.82, 2.24) is 4.31 Å². The van der Waals surface area contributed by atoms with E-state index >= 15 is 0 Å². The van der Waals surface area contributed by atoms with E-state index in [9.17, 15) is 18.0 Å². The van der Waals surface area contributed by atoms with Gasteiger partial charge in [0.25, 0.3) is 5.91 Å². The van der Waals surface area contributed by atoms with Gasteiger partial charge in [0.05, 0.1) is 4.90 Å². The molecular formula is C23H30N2O5S. The number of carbonyl (C=O) groups excluding carboxylic acids is 2. The summed E-state index contributed by atoms with van der Waals surface area (Å²) in [6, 6.07) is 15.6. The molecule has 0 saturated carbocycles. The van der Waals surface area contributed by atoms with Gasteiger partial charge in [-0.05, 0) is 43.2 Å². The predicted molar refractivity (Wildman–Crippen MR) is 120 cm³/mol. The van der Waals surface area contributed by atoms with Crippen molar-refractivity contribution in [3.63, 3.8) is 0 Å². The molecule has 1 atom stereocenters. The molecule has 0 spiro atoms. The molecule has 0 radical (unpaired) electrons. The van der Waals surface area contributed by atoms with E-state index in [1.807, 2.05) is 18.2 Å². The normalized spacial score (nSPS) is 12.4. The Morgan fingerprint density at radius 1 is 0.968 bits per heavy atom. The minimum absolute atomic E-state index is 0.0921. The summed E-state index contributed by atoms with van der Waals surface area (Å²) in [5.74, 6) is -0.798. The maximum Gasteiger partial charge on any atom is 0.306 e. The van der Waals surface area contributed by atoms with Crippen molar-refractivity contribution in [3.8, 4) is 0 Å². The third-order valence-corrected chi connectivity index (χ3v) is 7.08. The van der Waals surface area contributed by atoms with Crippen LogP contribution in [0, 0.1) is 0 Å². The zero-order valence-corrected chi connectivity index (χ0v) is 19.3. The van der Waals surface area contributed by atoms with Gasteiger partial charge in [-0.15, -0.1) is 0 Å². The summed E-state index contributed by atoms with van der Waals surface area (Å²) in [5, 5.41) is 0. The van der Waals surface area contributed by atoms with E-state index in [0.717, 1.165) is 11.3 Å². The second-order valence-electron chi connectivity index (χ2n) is 7.10. The molecule has 7 nitrogen and oxygen atoms in total. The van der Waals surface area contributed by atoms with Crippen molar-refractivity contribution in [1.29, 1.82) is 0 Å². The number of hydrogen-bond donors (Lipinski definition) is 0. The van der Waals surface area contributed by atoms with Crippen molar-refractivity contribution in [2.45, 2.75) is 44.6 Å². The molecule has 0 fully saturated rings.